The van der Waals surface area contributed by atoms with Crippen LogP contribution in [0.15, 0.2) is 54.9 Å². The van der Waals surface area contributed by atoms with Crippen LogP contribution in [0.2, 0.25) is 10.0 Å². The zero-order chi connectivity index (χ0) is 18.8. The van der Waals surface area contributed by atoms with Crippen molar-refractivity contribution in [3.8, 4) is 0 Å². The molecule has 0 atom stereocenters. The Balaban J connectivity index is 1.74. The number of hydrogen-bond donors (Lipinski definition) is 2. The first-order valence-corrected chi connectivity index (χ1v) is 8.88. The van der Waals surface area contributed by atoms with Crippen LogP contribution in [-0.4, -0.2) is 19.9 Å². The van der Waals surface area contributed by atoms with Crippen LogP contribution in [0.25, 0.3) is 11.2 Å². The number of anilines is 4. The van der Waals surface area contributed by atoms with Crippen LogP contribution in [0.3, 0.4) is 0 Å². The summed E-state index contributed by atoms with van der Waals surface area (Å²) in [6.07, 6.45) is 3.20. The average molecular weight is 397 g/mol. The minimum atomic E-state index is 0.407. The number of halogens is 2. The van der Waals surface area contributed by atoms with E-state index in [9.17, 15) is 0 Å². The van der Waals surface area contributed by atoms with E-state index >= 15 is 0 Å². The number of nitrogens with one attached hydrogen (secondary N) is 2. The average Bonchev–Trinajstić information content (AvgIpc) is 2.66. The van der Waals surface area contributed by atoms with Gasteiger partial charge < -0.3 is 10.6 Å². The van der Waals surface area contributed by atoms with Crippen LogP contribution in [0.4, 0.5) is 23.1 Å². The fourth-order valence-electron chi connectivity index (χ4n) is 2.56. The van der Waals surface area contributed by atoms with E-state index in [2.05, 4.69) is 30.6 Å². The Hall–Kier alpha value is -2.96. The van der Waals surface area contributed by atoms with Crippen LogP contribution < -0.4 is 10.6 Å². The predicted octanol–water partition coefficient (Wildman–Crippen LogP) is 5.52. The molecule has 0 radical (unpaired) electrons. The van der Waals surface area contributed by atoms with Crippen molar-refractivity contribution in [3.05, 3.63) is 70.5 Å². The van der Waals surface area contributed by atoms with Crippen LogP contribution in [0.5, 0.6) is 0 Å². The van der Waals surface area contributed by atoms with Crippen molar-refractivity contribution >= 4 is 57.5 Å². The molecule has 0 aliphatic carbocycles. The molecule has 0 bridgehead atoms. The maximum Gasteiger partial charge on any atom is 0.231 e. The fraction of sp³-hybridized carbons (Fsp3) is 0.0526. The van der Waals surface area contributed by atoms with Crippen molar-refractivity contribution in [2.45, 2.75) is 6.92 Å². The SMILES string of the molecule is Cc1cc(Cl)ccc1Nc1nc(Nc2ccc(Cl)cc2)c2nccnc2n1. The van der Waals surface area contributed by atoms with E-state index in [1.165, 1.54) is 0 Å². The molecule has 6 nitrogen and oxygen atoms in total. The maximum atomic E-state index is 6.03. The van der Waals surface area contributed by atoms with E-state index in [1.54, 1.807) is 24.5 Å². The smallest absolute Gasteiger partial charge is 0.231 e. The Morgan fingerprint density at radius 1 is 0.815 bits per heavy atom. The summed E-state index contributed by atoms with van der Waals surface area (Å²) < 4.78 is 0. The van der Waals surface area contributed by atoms with Gasteiger partial charge in [0.15, 0.2) is 17.0 Å². The Morgan fingerprint density at radius 3 is 2.33 bits per heavy atom. The number of fused-ring (bicyclic) bond motifs is 1. The molecule has 0 saturated heterocycles. The molecule has 4 rings (SSSR count). The minimum Gasteiger partial charge on any atom is -0.338 e. The van der Waals surface area contributed by atoms with E-state index in [-0.39, 0.29) is 0 Å². The van der Waals surface area contributed by atoms with Gasteiger partial charge >= 0.3 is 0 Å². The summed E-state index contributed by atoms with van der Waals surface area (Å²) >= 11 is 12.0. The standard InChI is InChI=1S/C19H14Cl2N6/c1-11-10-13(21)4-7-15(11)25-19-26-17-16(22-8-9-23-17)18(27-19)24-14-5-2-12(20)3-6-14/h2-10H,1H3,(H2,23,24,25,26,27). The van der Waals surface area contributed by atoms with Gasteiger partial charge in [-0.15, -0.1) is 0 Å². The summed E-state index contributed by atoms with van der Waals surface area (Å²) in [5.41, 5.74) is 3.74. The van der Waals surface area contributed by atoms with Crippen LogP contribution in [0, 0.1) is 6.92 Å². The summed E-state index contributed by atoms with van der Waals surface area (Å²) in [7, 11) is 0. The fourth-order valence-corrected chi connectivity index (χ4v) is 2.92. The minimum absolute atomic E-state index is 0.407. The molecule has 2 aromatic carbocycles. The molecular formula is C19H14Cl2N6. The summed E-state index contributed by atoms with van der Waals surface area (Å²) in [5, 5.41) is 7.80. The lowest BCUT2D eigenvalue weighted by atomic mass is 10.2. The van der Waals surface area contributed by atoms with Crippen molar-refractivity contribution in [2.75, 3.05) is 10.6 Å². The lowest BCUT2D eigenvalue weighted by molar-refractivity contribution is 1.14. The number of hydrogen-bond acceptors (Lipinski definition) is 6. The van der Waals surface area contributed by atoms with Crippen LogP contribution in [-0.2, 0) is 0 Å². The van der Waals surface area contributed by atoms with E-state index < -0.39 is 0 Å². The molecule has 2 aromatic heterocycles. The summed E-state index contributed by atoms with van der Waals surface area (Å²) in [6.45, 7) is 1.96. The Labute approximate surface area is 165 Å². The van der Waals surface area contributed by atoms with E-state index in [0.717, 1.165) is 16.9 Å². The van der Waals surface area contributed by atoms with Crippen molar-refractivity contribution < 1.29 is 0 Å². The van der Waals surface area contributed by atoms with Gasteiger partial charge in [-0.1, -0.05) is 23.2 Å². The predicted molar refractivity (Wildman–Crippen MR) is 109 cm³/mol. The molecule has 4 aromatic rings. The topological polar surface area (TPSA) is 75.6 Å². The maximum absolute atomic E-state index is 6.03. The summed E-state index contributed by atoms with van der Waals surface area (Å²) in [6, 6.07) is 12.9. The van der Waals surface area contributed by atoms with Crippen molar-refractivity contribution in [1.29, 1.82) is 0 Å². The van der Waals surface area contributed by atoms with Gasteiger partial charge in [0.25, 0.3) is 0 Å². The molecule has 0 fully saturated rings. The third kappa shape index (κ3) is 3.92. The normalized spacial score (nSPS) is 10.8. The van der Waals surface area contributed by atoms with Crippen molar-refractivity contribution in [1.82, 2.24) is 19.9 Å². The number of nitrogens with zero attached hydrogens (tertiary/aromatic N) is 4. The lowest BCUT2D eigenvalue weighted by Gasteiger charge is -2.12. The Bertz CT molecular complexity index is 1110. The molecule has 27 heavy (non-hydrogen) atoms. The Morgan fingerprint density at radius 2 is 1.56 bits per heavy atom. The first kappa shape index (κ1) is 17.5. The van der Waals surface area contributed by atoms with Gasteiger partial charge in [-0.2, -0.15) is 9.97 Å². The summed E-state index contributed by atoms with van der Waals surface area (Å²) in [5.74, 6) is 0.953. The highest BCUT2D eigenvalue weighted by atomic mass is 35.5. The zero-order valence-electron chi connectivity index (χ0n) is 14.2. The molecule has 134 valence electrons. The van der Waals surface area contributed by atoms with Gasteiger partial charge in [0.2, 0.25) is 5.95 Å². The second-order valence-electron chi connectivity index (χ2n) is 5.84. The van der Waals surface area contributed by atoms with Gasteiger partial charge in [-0.25, -0.2) is 9.97 Å². The summed E-state index contributed by atoms with van der Waals surface area (Å²) in [4.78, 5) is 17.7. The number of aryl methyl sites for hydroxylation is 1. The zero-order valence-corrected chi connectivity index (χ0v) is 15.8. The van der Waals surface area contributed by atoms with Gasteiger partial charge in [-0.05, 0) is 55.0 Å². The van der Waals surface area contributed by atoms with Gasteiger partial charge in [0, 0.05) is 33.8 Å². The van der Waals surface area contributed by atoms with Crippen LogP contribution >= 0.6 is 23.2 Å². The van der Waals surface area contributed by atoms with Gasteiger partial charge in [0.1, 0.15) is 0 Å². The number of rotatable bonds is 4. The molecule has 8 heteroatoms. The highest BCUT2D eigenvalue weighted by molar-refractivity contribution is 6.31. The highest BCUT2D eigenvalue weighted by Crippen LogP contribution is 2.26. The van der Waals surface area contributed by atoms with Crippen LogP contribution in [0.1, 0.15) is 5.56 Å². The van der Waals surface area contributed by atoms with Gasteiger partial charge in [0.05, 0.1) is 0 Å². The molecule has 0 spiro atoms. The first-order chi connectivity index (χ1) is 13.1. The monoisotopic (exact) mass is 396 g/mol. The quantitative estimate of drug-likeness (QED) is 0.472. The first-order valence-electron chi connectivity index (χ1n) is 8.13. The molecule has 0 aliphatic rings. The van der Waals surface area contributed by atoms with Gasteiger partial charge in [-0.3, -0.25) is 0 Å². The molecule has 2 N–H and O–H groups in total. The number of aromatic nitrogens is 4. The molecule has 0 saturated carbocycles. The highest BCUT2D eigenvalue weighted by Gasteiger charge is 2.11. The molecule has 0 unspecified atom stereocenters. The Kier molecular flexibility index (Phi) is 4.75. The second kappa shape index (κ2) is 7.34. The van der Waals surface area contributed by atoms with Crippen molar-refractivity contribution in [3.63, 3.8) is 0 Å². The van der Waals surface area contributed by atoms with Crippen molar-refractivity contribution in [2.24, 2.45) is 0 Å². The molecular weight excluding hydrogens is 383 g/mol. The second-order valence-corrected chi connectivity index (χ2v) is 6.71. The molecule has 0 amide bonds. The lowest BCUT2D eigenvalue weighted by Crippen LogP contribution is -2.04. The largest absolute Gasteiger partial charge is 0.338 e. The third-order valence-electron chi connectivity index (χ3n) is 3.87. The molecule has 0 aliphatic heterocycles. The number of benzene rings is 2. The third-order valence-corrected chi connectivity index (χ3v) is 4.36. The molecule has 2 heterocycles. The van der Waals surface area contributed by atoms with E-state index in [1.807, 2.05) is 37.3 Å². The van der Waals surface area contributed by atoms with E-state index in [4.69, 9.17) is 23.2 Å². The van der Waals surface area contributed by atoms with E-state index in [0.29, 0.717) is 33.0 Å².